The number of amides is 1. The zero-order valence-corrected chi connectivity index (χ0v) is 17.7. The molecule has 0 bridgehead atoms. The summed E-state index contributed by atoms with van der Waals surface area (Å²) in [6.07, 6.45) is 1.46. The number of benzene rings is 2. The summed E-state index contributed by atoms with van der Waals surface area (Å²) >= 11 is 6.80. The van der Waals surface area contributed by atoms with E-state index in [2.05, 4.69) is 42.4 Å². The van der Waals surface area contributed by atoms with Gasteiger partial charge in [0.1, 0.15) is 11.7 Å². The maximum absolute atomic E-state index is 12.3. The van der Waals surface area contributed by atoms with Gasteiger partial charge in [-0.2, -0.15) is 10.4 Å². The summed E-state index contributed by atoms with van der Waals surface area (Å²) in [7, 11) is 1.50. The first-order valence-corrected chi connectivity index (χ1v) is 9.50. The van der Waals surface area contributed by atoms with Crippen LogP contribution in [0.1, 0.15) is 16.1 Å². The van der Waals surface area contributed by atoms with Crippen LogP contribution in [-0.4, -0.2) is 25.8 Å². The summed E-state index contributed by atoms with van der Waals surface area (Å²) in [5, 5.41) is 13.3. The molecule has 3 rings (SSSR count). The number of hydrogen-bond acceptors (Lipinski definition) is 6. The fourth-order valence-corrected chi connectivity index (χ4v) is 3.74. The summed E-state index contributed by atoms with van der Waals surface area (Å²) in [5.74, 6) is 0.572. The highest BCUT2D eigenvalue weighted by molar-refractivity contribution is 9.11. The van der Waals surface area contributed by atoms with E-state index in [-0.39, 0.29) is 12.4 Å². The van der Waals surface area contributed by atoms with Gasteiger partial charge in [-0.1, -0.05) is 15.9 Å². The van der Waals surface area contributed by atoms with Crippen molar-refractivity contribution in [1.29, 1.82) is 5.26 Å². The second kappa shape index (κ2) is 8.91. The highest BCUT2D eigenvalue weighted by Gasteiger charge is 2.14. The molecule has 0 aliphatic heterocycles. The van der Waals surface area contributed by atoms with Gasteiger partial charge in [0.05, 0.1) is 17.8 Å². The lowest BCUT2D eigenvalue weighted by Crippen LogP contribution is -2.16. The minimum Gasteiger partial charge on any atom is -0.493 e. The molecule has 1 aromatic heterocycles. The van der Waals surface area contributed by atoms with Crippen LogP contribution in [0.3, 0.4) is 0 Å². The molecule has 142 valence electrons. The van der Waals surface area contributed by atoms with E-state index in [9.17, 15) is 4.79 Å². The van der Waals surface area contributed by atoms with Crippen molar-refractivity contribution in [3.63, 3.8) is 0 Å². The number of nitrogens with zero attached hydrogens (tertiary/aromatic N) is 2. The van der Waals surface area contributed by atoms with Crippen molar-refractivity contribution in [2.24, 2.45) is 5.10 Å². The van der Waals surface area contributed by atoms with Gasteiger partial charge in [-0.3, -0.25) is 4.79 Å². The number of rotatable bonds is 6. The van der Waals surface area contributed by atoms with E-state index in [1.165, 1.54) is 13.3 Å². The molecule has 1 heterocycles. The molecule has 1 amide bonds. The van der Waals surface area contributed by atoms with Gasteiger partial charge in [0.15, 0.2) is 23.9 Å². The van der Waals surface area contributed by atoms with Crippen molar-refractivity contribution in [3.05, 3.63) is 56.7 Å². The Morgan fingerprint density at radius 3 is 2.86 bits per heavy atom. The number of carbonyl (C=O) groups is 1. The number of carbonyl (C=O) groups excluding carboxylic acids is 1. The minimum absolute atomic E-state index is 0.0793. The largest absolute Gasteiger partial charge is 0.493 e. The molecule has 0 radical (unpaired) electrons. The van der Waals surface area contributed by atoms with E-state index in [4.69, 9.17) is 19.2 Å². The zero-order valence-electron chi connectivity index (χ0n) is 14.5. The van der Waals surface area contributed by atoms with Crippen molar-refractivity contribution in [1.82, 2.24) is 5.43 Å². The summed E-state index contributed by atoms with van der Waals surface area (Å²) in [4.78, 5) is 12.3. The first kappa shape index (κ1) is 19.9. The maximum atomic E-state index is 12.3. The number of furan rings is 1. The van der Waals surface area contributed by atoms with Crippen LogP contribution < -0.4 is 14.9 Å². The maximum Gasteiger partial charge on any atom is 0.307 e. The average Bonchev–Trinajstić information content (AvgIpc) is 3.11. The van der Waals surface area contributed by atoms with Gasteiger partial charge in [0.25, 0.3) is 0 Å². The summed E-state index contributed by atoms with van der Waals surface area (Å²) in [6.45, 7) is -0.0793. The standard InChI is InChI=1S/C19H13Br2N3O4/c1-26-16-6-11(2-3-15(16)27-5-4-22)10-23-24-19(25)17-8-12-7-13(20)9-14(21)18(12)28-17/h2-3,6-10H,5H2,1H3,(H,24,25)/b23-10-. The lowest BCUT2D eigenvalue weighted by Gasteiger charge is -2.08. The molecule has 1 N–H and O–H groups in total. The van der Waals surface area contributed by atoms with Crippen LogP contribution >= 0.6 is 31.9 Å². The van der Waals surface area contributed by atoms with E-state index >= 15 is 0 Å². The van der Waals surface area contributed by atoms with Crippen LogP contribution in [0.15, 0.2) is 54.9 Å². The second-order valence-electron chi connectivity index (χ2n) is 5.47. The van der Waals surface area contributed by atoms with Crippen molar-refractivity contribution in [2.75, 3.05) is 13.7 Å². The average molecular weight is 507 g/mol. The van der Waals surface area contributed by atoms with Gasteiger partial charge in [-0.05, 0) is 57.9 Å². The van der Waals surface area contributed by atoms with E-state index in [0.717, 1.165) is 14.3 Å². The fourth-order valence-electron chi connectivity index (χ4n) is 2.40. The van der Waals surface area contributed by atoms with Crippen molar-refractivity contribution in [3.8, 4) is 17.6 Å². The van der Waals surface area contributed by atoms with Gasteiger partial charge in [-0.15, -0.1) is 0 Å². The second-order valence-corrected chi connectivity index (χ2v) is 7.24. The highest BCUT2D eigenvalue weighted by Crippen LogP contribution is 2.31. The Balaban J connectivity index is 1.71. The Morgan fingerprint density at radius 1 is 1.29 bits per heavy atom. The van der Waals surface area contributed by atoms with Crippen LogP contribution in [0.4, 0.5) is 0 Å². The van der Waals surface area contributed by atoms with Crippen molar-refractivity contribution >= 4 is 55.0 Å². The quantitative estimate of drug-likeness (QED) is 0.388. The molecule has 0 spiro atoms. The van der Waals surface area contributed by atoms with Crippen LogP contribution in [0, 0.1) is 11.3 Å². The number of nitrogens with one attached hydrogen (secondary N) is 1. The van der Waals surface area contributed by atoms with Gasteiger partial charge < -0.3 is 13.9 Å². The summed E-state index contributed by atoms with van der Waals surface area (Å²) < 4.78 is 17.7. The number of nitriles is 1. The predicted molar refractivity (Wildman–Crippen MR) is 111 cm³/mol. The van der Waals surface area contributed by atoms with E-state index in [1.807, 2.05) is 18.2 Å². The zero-order chi connectivity index (χ0) is 20.1. The SMILES string of the molecule is COc1cc(/C=N\NC(=O)c2cc3cc(Br)cc(Br)c3o2)ccc1OCC#N. The number of fused-ring (bicyclic) bond motifs is 1. The van der Waals surface area contributed by atoms with Gasteiger partial charge in [0, 0.05) is 9.86 Å². The molecule has 0 unspecified atom stereocenters. The summed E-state index contributed by atoms with van der Waals surface area (Å²) in [6, 6.07) is 12.3. The third-order valence-corrected chi connectivity index (χ3v) is 4.67. The molecule has 0 fully saturated rings. The first-order chi connectivity index (χ1) is 13.5. The van der Waals surface area contributed by atoms with Crippen LogP contribution in [-0.2, 0) is 0 Å². The molecule has 0 aliphatic rings. The molecule has 0 saturated carbocycles. The number of hydrazone groups is 1. The van der Waals surface area contributed by atoms with E-state index < -0.39 is 5.91 Å². The predicted octanol–water partition coefficient (Wildman–Crippen LogP) is 4.63. The Morgan fingerprint density at radius 2 is 2.11 bits per heavy atom. The molecule has 9 heteroatoms. The lowest BCUT2D eigenvalue weighted by molar-refractivity contribution is 0.0929. The Bertz CT molecular complexity index is 1100. The third kappa shape index (κ3) is 4.52. The van der Waals surface area contributed by atoms with Crippen LogP contribution in [0.25, 0.3) is 11.0 Å². The number of ether oxygens (including phenoxy) is 2. The first-order valence-electron chi connectivity index (χ1n) is 7.91. The molecule has 0 aliphatic carbocycles. The van der Waals surface area contributed by atoms with Crippen molar-refractivity contribution in [2.45, 2.75) is 0 Å². The topological polar surface area (TPSA) is 96.8 Å². The summed E-state index contributed by atoms with van der Waals surface area (Å²) in [5.41, 5.74) is 3.68. The monoisotopic (exact) mass is 505 g/mol. The Hall–Kier alpha value is -2.83. The molecule has 0 atom stereocenters. The third-order valence-electron chi connectivity index (χ3n) is 3.62. The lowest BCUT2D eigenvalue weighted by atomic mass is 10.2. The van der Waals surface area contributed by atoms with E-state index in [1.54, 1.807) is 24.3 Å². The molecular formula is C19H13Br2N3O4. The Labute approximate surface area is 177 Å². The molecule has 0 saturated heterocycles. The molecular weight excluding hydrogens is 494 g/mol. The number of methoxy groups -OCH3 is 1. The van der Waals surface area contributed by atoms with Gasteiger partial charge >= 0.3 is 5.91 Å². The number of hydrogen-bond donors (Lipinski definition) is 1. The number of halogens is 2. The van der Waals surface area contributed by atoms with Gasteiger partial charge in [0.2, 0.25) is 0 Å². The van der Waals surface area contributed by atoms with Crippen LogP contribution in [0.2, 0.25) is 0 Å². The normalized spacial score (nSPS) is 10.8. The smallest absolute Gasteiger partial charge is 0.307 e. The molecule has 2 aromatic carbocycles. The molecule has 3 aromatic rings. The fraction of sp³-hybridized carbons (Fsp3) is 0.105. The van der Waals surface area contributed by atoms with Crippen molar-refractivity contribution < 1.29 is 18.7 Å². The van der Waals surface area contributed by atoms with Crippen LogP contribution in [0.5, 0.6) is 11.5 Å². The van der Waals surface area contributed by atoms with Gasteiger partial charge in [-0.25, -0.2) is 5.43 Å². The molecule has 28 heavy (non-hydrogen) atoms. The minimum atomic E-state index is -0.476. The van der Waals surface area contributed by atoms with E-state index in [0.29, 0.717) is 22.6 Å². The highest BCUT2D eigenvalue weighted by atomic mass is 79.9. The molecule has 7 nitrogen and oxygen atoms in total. The Kier molecular flexibility index (Phi) is 6.34.